The molecule has 166 valence electrons. The zero-order chi connectivity index (χ0) is 22.7. The molecule has 2 aromatic rings. The van der Waals surface area contributed by atoms with Crippen molar-refractivity contribution in [2.24, 2.45) is 0 Å². The van der Waals surface area contributed by atoms with Crippen LogP contribution >= 0.6 is 23.4 Å². The number of amides is 3. The second-order valence-electron chi connectivity index (χ2n) is 7.37. The lowest BCUT2D eigenvalue weighted by molar-refractivity contribution is -0.136. The first-order valence-corrected chi connectivity index (χ1v) is 11.3. The van der Waals surface area contributed by atoms with E-state index in [9.17, 15) is 14.4 Å². The molecule has 0 atom stereocenters. The molecule has 2 saturated heterocycles. The van der Waals surface area contributed by atoms with Crippen molar-refractivity contribution in [3.63, 3.8) is 0 Å². The Hall–Kier alpha value is -2.97. The maximum absolute atomic E-state index is 12.8. The normalized spacial score (nSPS) is 17.9. The van der Waals surface area contributed by atoms with Crippen LogP contribution in [0.25, 0.3) is 6.08 Å². The molecule has 2 aliphatic rings. The smallest absolute Gasteiger partial charge is 0.294 e. The molecule has 2 heterocycles. The second kappa shape index (κ2) is 9.67. The van der Waals surface area contributed by atoms with Crippen molar-refractivity contribution in [1.82, 2.24) is 9.80 Å². The fourth-order valence-corrected chi connectivity index (χ4v) is 4.75. The van der Waals surface area contributed by atoms with Crippen molar-refractivity contribution in [2.45, 2.75) is 0 Å². The van der Waals surface area contributed by atoms with E-state index in [0.717, 1.165) is 22.3 Å². The molecule has 32 heavy (non-hydrogen) atoms. The maximum atomic E-state index is 12.8. The average Bonchev–Trinajstić information content (AvgIpc) is 3.07. The van der Waals surface area contributed by atoms with E-state index < -0.39 is 11.1 Å². The molecule has 0 spiro atoms. The minimum absolute atomic E-state index is 0.228. The van der Waals surface area contributed by atoms with Crippen LogP contribution in [0.3, 0.4) is 0 Å². The number of carbonyl (C=O) groups is 3. The van der Waals surface area contributed by atoms with Gasteiger partial charge in [-0.15, -0.1) is 0 Å². The number of imide groups is 1. The van der Waals surface area contributed by atoms with Gasteiger partial charge in [0.25, 0.3) is 11.1 Å². The number of ether oxygens (including phenoxy) is 1. The highest BCUT2D eigenvalue weighted by Crippen LogP contribution is 2.33. The monoisotopic (exact) mass is 471 g/mol. The standard InChI is InChI=1S/C23H22ClN3O4S/c1-31-19-8-7-16(13-18(19)24)14-20-22(29)27(23(30)32-20)15-21(28)26-11-9-25(10-12-26)17-5-3-2-4-6-17/h2-8,13-14H,9-12,15H2,1H3/b20-14+. The lowest BCUT2D eigenvalue weighted by atomic mass is 10.2. The van der Waals surface area contributed by atoms with Gasteiger partial charge in [-0.1, -0.05) is 35.9 Å². The summed E-state index contributed by atoms with van der Waals surface area (Å²) in [4.78, 5) is 43.1. The van der Waals surface area contributed by atoms with E-state index in [0.29, 0.717) is 42.5 Å². The van der Waals surface area contributed by atoms with E-state index in [-0.39, 0.29) is 17.4 Å². The molecule has 3 amide bonds. The van der Waals surface area contributed by atoms with E-state index in [1.807, 2.05) is 30.3 Å². The molecular weight excluding hydrogens is 450 g/mol. The molecule has 2 aromatic carbocycles. The van der Waals surface area contributed by atoms with Crippen LogP contribution in [0, 0.1) is 0 Å². The molecule has 7 nitrogen and oxygen atoms in total. The molecule has 0 bridgehead atoms. The van der Waals surface area contributed by atoms with E-state index in [1.54, 1.807) is 29.2 Å². The summed E-state index contributed by atoms with van der Waals surface area (Å²) in [5, 5.41) is -0.0394. The van der Waals surface area contributed by atoms with Crippen LogP contribution in [-0.2, 0) is 9.59 Å². The SMILES string of the molecule is COc1ccc(/C=C2/SC(=O)N(CC(=O)N3CCN(c4ccccc4)CC3)C2=O)cc1Cl. The van der Waals surface area contributed by atoms with Crippen molar-refractivity contribution in [2.75, 3.05) is 44.7 Å². The predicted molar refractivity (Wildman–Crippen MR) is 126 cm³/mol. The van der Waals surface area contributed by atoms with E-state index in [4.69, 9.17) is 16.3 Å². The number of hydrogen-bond donors (Lipinski definition) is 0. The van der Waals surface area contributed by atoms with Gasteiger partial charge >= 0.3 is 0 Å². The summed E-state index contributed by atoms with van der Waals surface area (Å²) in [6.45, 7) is 2.25. The molecule has 2 aliphatic heterocycles. The number of methoxy groups -OCH3 is 1. The Bertz CT molecular complexity index is 1070. The van der Waals surface area contributed by atoms with Gasteiger partial charge in [0.05, 0.1) is 17.0 Å². The molecule has 9 heteroatoms. The van der Waals surface area contributed by atoms with Crippen LogP contribution < -0.4 is 9.64 Å². The summed E-state index contributed by atoms with van der Waals surface area (Å²) >= 11 is 6.96. The first-order chi connectivity index (χ1) is 15.5. The summed E-state index contributed by atoms with van der Waals surface area (Å²) in [7, 11) is 1.52. The number of thioether (sulfide) groups is 1. The molecule has 0 unspecified atom stereocenters. The van der Waals surface area contributed by atoms with Crippen LogP contribution in [0.15, 0.2) is 53.4 Å². The number of nitrogens with zero attached hydrogens (tertiary/aromatic N) is 3. The minimum Gasteiger partial charge on any atom is -0.495 e. The van der Waals surface area contributed by atoms with E-state index in [2.05, 4.69) is 4.90 Å². The van der Waals surface area contributed by atoms with Crippen LogP contribution in [-0.4, -0.2) is 66.7 Å². The Balaban J connectivity index is 1.37. The number of benzene rings is 2. The maximum Gasteiger partial charge on any atom is 0.294 e. The first-order valence-electron chi connectivity index (χ1n) is 10.1. The van der Waals surface area contributed by atoms with Gasteiger partial charge in [0.2, 0.25) is 5.91 Å². The number of piperazine rings is 1. The predicted octanol–water partition coefficient (Wildman–Crippen LogP) is 3.73. The molecule has 0 radical (unpaired) electrons. The Morgan fingerprint density at radius 2 is 1.81 bits per heavy atom. The van der Waals surface area contributed by atoms with Crippen LogP contribution in [0.4, 0.5) is 10.5 Å². The largest absolute Gasteiger partial charge is 0.495 e. The molecule has 0 aromatic heterocycles. The lowest BCUT2D eigenvalue weighted by Gasteiger charge is -2.36. The Labute approximate surface area is 195 Å². The molecule has 0 aliphatic carbocycles. The van der Waals surface area contributed by atoms with E-state index in [1.165, 1.54) is 7.11 Å². The fourth-order valence-electron chi connectivity index (χ4n) is 3.65. The van der Waals surface area contributed by atoms with Gasteiger partial charge < -0.3 is 14.5 Å². The quantitative estimate of drug-likeness (QED) is 0.619. The first kappa shape index (κ1) is 22.2. The zero-order valence-corrected chi connectivity index (χ0v) is 19.1. The third kappa shape index (κ3) is 4.76. The third-order valence-corrected chi connectivity index (χ3v) is 6.60. The second-order valence-corrected chi connectivity index (χ2v) is 8.77. The zero-order valence-electron chi connectivity index (χ0n) is 17.5. The number of para-hydroxylation sites is 1. The Kier molecular flexibility index (Phi) is 6.72. The van der Waals surface area contributed by atoms with Gasteiger partial charge in [0, 0.05) is 31.9 Å². The van der Waals surface area contributed by atoms with Gasteiger partial charge in [-0.2, -0.15) is 0 Å². The fraction of sp³-hybridized carbons (Fsp3) is 0.261. The van der Waals surface area contributed by atoms with Crippen molar-refractivity contribution in [3.05, 3.63) is 64.0 Å². The summed E-state index contributed by atoms with van der Waals surface area (Å²) < 4.78 is 5.13. The highest BCUT2D eigenvalue weighted by Gasteiger charge is 2.37. The molecule has 0 N–H and O–H groups in total. The number of rotatable bonds is 5. The molecular formula is C23H22ClN3O4S. The number of halogens is 1. The molecule has 0 saturated carbocycles. The summed E-state index contributed by atoms with van der Waals surface area (Å²) in [6, 6.07) is 15.1. The summed E-state index contributed by atoms with van der Waals surface area (Å²) in [5.74, 6) is -0.174. The molecule has 4 rings (SSSR count). The van der Waals surface area contributed by atoms with Gasteiger partial charge in [-0.05, 0) is 47.7 Å². The number of anilines is 1. The average molecular weight is 472 g/mol. The topological polar surface area (TPSA) is 70.2 Å². The van der Waals surface area contributed by atoms with Crippen LogP contribution in [0.5, 0.6) is 5.75 Å². The van der Waals surface area contributed by atoms with Gasteiger partial charge in [-0.25, -0.2) is 0 Å². The van der Waals surface area contributed by atoms with Crippen molar-refractivity contribution < 1.29 is 19.1 Å². The highest BCUT2D eigenvalue weighted by atomic mass is 35.5. The Morgan fingerprint density at radius 3 is 2.47 bits per heavy atom. The number of carbonyl (C=O) groups excluding carboxylic acids is 3. The van der Waals surface area contributed by atoms with Crippen molar-refractivity contribution >= 4 is 52.2 Å². The number of hydrogen-bond acceptors (Lipinski definition) is 6. The van der Waals surface area contributed by atoms with E-state index >= 15 is 0 Å². The minimum atomic E-state index is -0.469. The summed E-state index contributed by atoms with van der Waals surface area (Å²) in [5.41, 5.74) is 1.79. The lowest BCUT2D eigenvalue weighted by Crippen LogP contribution is -2.51. The van der Waals surface area contributed by atoms with Crippen molar-refractivity contribution in [3.8, 4) is 5.75 Å². The third-order valence-electron chi connectivity index (χ3n) is 5.39. The van der Waals surface area contributed by atoms with Gasteiger partial charge in [-0.3, -0.25) is 19.3 Å². The van der Waals surface area contributed by atoms with Gasteiger partial charge in [0.15, 0.2) is 0 Å². The van der Waals surface area contributed by atoms with Crippen LogP contribution in [0.1, 0.15) is 5.56 Å². The molecule has 2 fully saturated rings. The van der Waals surface area contributed by atoms with Crippen LogP contribution in [0.2, 0.25) is 5.02 Å². The van der Waals surface area contributed by atoms with Gasteiger partial charge in [0.1, 0.15) is 12.3 Å². The summed E-state index contributed by atoms with van der Waals surface area (Å²) in [6.07, 6.45) is 1.60. The van der Waals surface area contributed by atoms with Crippen molar-refractivity contribution in [1.29, 1.82) is 0 Å². The highest BCUT2D eigenvalue weighted by molar-refractivity contribution is 8.18. The Morgan fingerprint density at radius 1 is 1.09 bits per heavy atom.